The first-order valence-electron chi connectivity index (χ1n) is 14.9. The van der Waals surface area contributed by atoms with E-state index < -0.39 is 24.3 Å². The van der Waals surface area contributed by atoms with Gasteiger partial charge in [0.2, 0.25) is 0 Å². The van der Waals surface area contributed by atoms with Crippen molar-refractivity contribution in [2.75, 3.05) is 7.11 Å². The Kier molecular flexibility index (Phi) is 7.87. The van der Waals surface area contributed by atoms with Gasteiger partial charge >= 0.3 is 13.1 Å². The normalized spacial score (nSPS) is 27.1. The van der Waals surface area contributed by atoms with Crippen LogP contribution in [-0.4, -0.2) is 58.3 Å². The summed E-state index contributed by atoms with van der Waals surface area (Å²) in [6.07, 6.45) is 5.35. The number of ether oxygens (including phenoxy) is 2. The SMILES string of the molecule is CCc1cn(CC(=O)C[C@@H](Cc2cccc(C(=O)OC(C)(C)C)c2OC)B2O[C@@H]3C[C@@H]4C[C@@H](C4(C)C)[C@]3(C)O2)nn1. The Morgan fingerprint density at radius 2 is 1.98 bits per heavy atom. The number of carbonyl (C=O) groups is 2. The van der Waals surface area contributed by atoms with Crippen LogP contribution in [-0.2, 0) is 38.2 Å². The predicted molar refractivity (Wildman–Crippen MR) is 155 cm³/mol. The van der Waals surface area contributed by atoms with E-state index in [9.17, 15) is 9.59 Å². The van der Waals surface area contributed by atoms with Crippen molar-refractivity contribution < 1.29 is 28.4 Å². The number of rotatable bonds is 10. The number of carbonyl (C=O) groups excluding carboxylic acids is 2. The van der Waals surface area contributed by atoms with Crippen molar-refractivity contribution in [2.24, 2.45) is 17.3 Å². The molecule has 3 saturated carbocycles. The largest absolute Gasteiger partial charge is 0.496 e. The molecule has 0 unspecified atom stereocenters. The summed E-state index contributed by atoms with van der Waals surface area (Å²) in [7, 11) is 0.997. The van der Waals surface area contributed by atoms with Crippen LogP contribution in [0.25, 0.3) is 0 Å². The molecule has 0 radical (unpaired) electrons. The highest BCUT2D eigenvalue weighted by molar-refractivity contribution is 6.48. The second-order valence-corrected chi connectivity index (χ2v) is 13.8. The lowest BCUT2D eigenvalue weighted by molar-refractivity contribution is -0.199. The van der Waals surface area contributed by atoms with E-state index in [1.54, 1.807) is 17.9 Å². The number of Topliss-reactive ketones (excluding diaryl/α,β-unsaturated/α-hetero) is 1. The molecule has 9 nitrogen and oxygen atoms in total. The molecule has 0 N–H and O–H groups in total. The molecule has 1 aromatic heterocycles. The molecule has 1 aromatic carbocycles. The van der Waals surface area contributed by atoms with Crippen molar-refractivity contribution >= 4 is 18.9 Å². The fourth-order valence-electron chi connectivity index (χ4n) is 7.24. The van der Waals surface area contributed by atoms with Crippen LogP contribution < -0.4 is 4.74 Å². The van der Waals surface area contributed by atoms with Gasteiger partial charge in [0.05, 0.1) is 24.5 Å². The third kappa shape index (κ3) is 5.69. The number of para-hydroxylation sites is 1. The summed E-state index contributed by atoms with van der Waals surface area (Å²) in [4.78, 5) is 26.5. The van der Waals surface area contributed by atoms with E-state index in [0.717, 1.165) is 30.5 Å². The number of benzene rings is 1. The van der Waals surface area contributed by atoms with Gasteiger partial charge in [-0.15, -0.1) is 5.10 Å². The molecule has 41 heavy (non-hydrogen) atoms. The first kappa shape index (κ1) is 29.8. The Bertz CT molecular complexity index is 1300. The van der Waals surface area contributed by atoms with Gasteiger partial charge in [0, 0.05) is 18.4 Å². The van der Waals surface area contributed by atoms with E-state index in [4.69, 9.17) is 18.8 Å². The number of esters is 1. The zero-order valence-electron chi connectivity index (χ0n) is 25.7. The molecule has 2 aromatic rings. The third-order valence-electron chi connectivity index (χ3n) is 9.53. The highest BCUT2D eigenvalue weighted by atomic mass is 16.7. The van der Waals surface area contributed by atoms with Gasteiger partial charge in [0.25, 0.3) is 0 Å². The molecule has 10 heteroatoms. The topological polar surface area (TPSA) is 102 Å². The fraction of sp³-hybridized carbons (Fsp3) is 0.677. The first-order valence-corrected chi connectivity index (χ1v) is 14.9. The van der Waals surface area contributed by atoms with Gasteiger partial charge in [0.1, 0.15) is 23.5 Å². The predicted octanol–water partition coefficient (Wildman–Crippen LogP) is 5.10. The Balaban J connectivity index is 1.41. The third-order valence-corrected chi connectivity index (χ3v) is 9.53. The maximum atomic E-state index is 13.4. The molecule has 5 atom stereocenters. The molecule has 4 fully saturated rings. The number of hydrogen-bond donors (Lipinski definition) is 0. The average molecular weight is 566 g/mol. The van der Waals surface area contributed by atoms with Gasteiger partial charge in [-0.2, -0.15) is 0 Å². The smallest absolute Gasteiger partial charge is 0.461 e. The lowest BCUT2D eigenvalue weighted by Crippen LogP contribution is -2.65. The van der Waals surface area contributed by atoms with Gasteiger partial charge < -0.3 is 18.8 Å². The van der Waals surface area contributed by atoms with E-state index in [2.05, 4.69) is 31.1 Å². The fourth-order valence-corrected chi connectivity index (χ4v) is 7.24. The van der Waals surface area contributed by atoms with Crippen LogP contribution in [0.1, 0.15) is 89.3 Å². The molecule has 222 valence electrons. The van der Waals surface area contributed by atoms with Crippen molar-refractivity contribution in [1.29, 1.82) is 0 Å². The number of nitrogens with zero attached hydrogens (tertiary/aromatic N) is 3. The van der Waals surface area contributed by atoms with Gasteiger partial charge in [-0.05, 0) is 82.3 Å². The minimum Gasteiger partial charge on any atom is -0.496 e. The molecule has 2 bridgehead atoms. The highest BCUT2D eigenvalue weighted by Gasteiger charge is 2.68. The maximum absolute atomic E-state index is 13.4. The number of aryl methyl sites for hydroxylation is 1. The van der Waals surface area contributed by atoms with Crippen molar-refractivity contribution in [2.45, 2.75) is 110 Å². The lowest BCUT2D eigenvalue weighted by atomic mass is 9.43. The number of methoxy groups -OCH3 is 1. The Morgan fingerprint density at radius 3 is 2.61 bits per heavy atom. The van der Waals surface area contributed by atoms with Gasteiger partial charge in [-0.3, -0.25) is 4.79 Å². The Labute approximate surface area is 243 Å². The average Bonchev–Trinajstić information content (AvgIpc) is 3.50. The summed E-state index contributed by atoms with van der Waals surface area (Å²) in [5.74, 6) is 0.763. The van der Waals surface area contributed by atoms with Crippen LogP contribution in [0.15, 0.2) is 24.4 Å². The molecule has 3 aliphatic carbocycles. The standard InChI is InChI=1S/C31H44BN3O6/c1-9-22-17-35(34-33-22)18-23(36)16-21(32-40-26-15-20-14-25(30(20,5)6)31(26,7)41-32)13-19-11-10-12-24(27(19)38-8)28(37)39-29(2,3)4/h10-12,17,20-21,25-26H,9,13-16,18H2,1-8H3/t20-,21+,25-,26+,31-/m0/s1. The molecular weight excluding hydrogens is 521 g/mol. The minimum atomic E-state index is -0.641. The molecule has 0 amide bonds. The van der Waals surface area contributed by atoms with E-state index in [0.29, 0.717) is 29.6 Å². The van der Waals surface area contributed by atoms with E-state index in [1.165, 1.54) is 0 Å². The molecule has 6 rings (SSSR count). The van der Waals surface area contributed by atoms with E-state index in [1.807, 2.05) is 46.0 Å². The summed E-state index contributed by atoms with van der Waals surface area (Å²) in [5.41, 5.74) is 1.19. The zero-order valence-corrected chi connectivity index (χ0v) is 25.7. The van der Waals surface area contributed by atoms with Crippen LogP contribution in [0.2, 0.25) is 5.82 Å². The van der Waals surface area contributed by atoms with Crippen molar-refractivity contribution in [3.63, 3.8) is 0 Å². The minimum absolute atomic E-state index is 0.000650. The lowest BCUT2D eigenvalue weighted by Gasteiger charge is -2.64. The highest BCUT2D eigenvalue weighted by Crippen LogP contribution is 2.66. The van der Waals surface area contributed by atoms with Gasteiger partial charge in [-0.25, -0.2) is 9.48 Å². The Hall–Kier alpha value is -2.72. The Morgan fingerprint density at radius 1 is 1.22 bits per heavy atom. The number of aromatic nitrogens is 3. The molecule has 1 saturated heterocycles. The van der Waals surface area contributed by atoms with Crippen molar-refractivity contribution in [3.05, 3.63) is 41.2 Å². The number of ketones is 1. The zero-order chi connectivity index (χ0) is 29.7. The van der Waals surface area contributed by atoms with Gasteiger partial charge in [0.15, 0.2) is 5.78 Å². The number of hydrogen-bond acceptors (Lipinski definition) is 8. The summed E-state index contributed by atoms with van der Waals surface area (Å²) < 4.78 is 26.5. The summed E-state index contributed by atoms with van der Waals surface area (Å²) >= 11 is 0. The molecule has 0 spiro atoms. The van der Waals surface area contributed by atoms with Crippen LogP contribution in [0.3, 0.4) is 0 Å². The molecular formula is C31H44BN3O6. The first-order chi connectivity index (χ1) is 19.2. The van der Waals surface area contributed by atoms with Crippen molar-refractivity contribution in [3.8, 4) is 5.75 Å². The van der Waals surface area contributed by atoms with E-state index in [-0.39, 0.29) is 36.1 Å². The second kappa shape index (κ2) is 10.8. The van der Waals surface area contributed by atoms with Crippen LogP contribution >= 0.6 is 0 Å². The maximum Gasteiger partial charge on any atom is 0.461 e. The van der Waals surface area contributed by atoms with Crippen molar-refractivity contribution in [1.82, 2.24) is 15.0 Å². The molecule has 2 heterocycles. The van der Waals surface area contributed by atoms with Crippen LogP contribution in [0.5, 0.6) is 5.75 Å². The summed E-state index contributed by atoms with van der Waals surface area (Å²) in [5, 5.41) is 8.24. The van der Waals surface area contributed by atoms with Crippen LogP contribution in [0.4, 0.5) is 0 Å². The second-order valence-electron chi connectivity index (χ2n) is 13.8. The molecule has 1 aliphatic heterocycles. The van der Waals surface area contributed by atoms with Crippen LogP contribution in [0, 0.1) is 17.3 Å². The monoisotopic (exact) mass is 565 g/mol. The quantitative estimate of drug-likeness (QED) is 0.290. The van der Waals surface area contributed by atoms with E-state index >= 15 is 0 Å². The summed E-state index contributed by atoms with van der Waals surface area (Å²) in [6.45, 7) is 14.5. The van der Waals surface area contributed by atoms with Gasteiger partial charge in [-0.1, -0.05) is 38.1 Å². The summed E-state index contributed by atoms with van der Waals surface area (Å²) in [6, 6.07) is 5.46. The molecule has 4 aliphatic rings.